The first-order valence-corrected chi connectivity index (χ1v) is 5.99. The van der Waals surface area contributed by atoms with E-state index in [4.69, 9.17) is 0 Å². The van der Waals surface area contributed by atoms with E-state index in [9.17, 15) is 0 Å². The molecule has 0 spiro atoms. The van der Waals surface area contributed by atoms with Gasteiger partial charge in [0, 0.05) is 32.2 Å². The van der Waals surface area contributed by atoms with Gasteiger partial charge in [-0.25, -0.2) is 0 Å². The molecule has 14 heavy (non-hydrogen) atoms. The molecular weight excluding hydrogens is 174 g/mol. The molecule has 0 aromatic carbocycles. The van der Waals surface area contributed by atoms with Crippen LogP contribution in [0.1, 0.15) is 26.7 Å². The second-order valence-corrected chi connectivity index (χ2v) is 4.21. The van der Waals surface area contributed by atoms with Gasteiger partial charge in [0.15, 0.2) is 0 Å². The Balaban J connectivity index is 1.92. The zero-order chi connectivity index (χ0) is 10.2. The van der Waals surface area contributed by atoms with Crippen LogP contribution in [0, 0.1) is 0 Å². The Labute approximate surface area is 88.2 Å². The molecule has 0 saturated carbocycles. The van der Waals surface area contributed by atoms with Gasteiger partial charge >= 0.3 is 0 Å². The normalized spacial score (nSPS) is 21.0. The summed E-state index contributed by atoms with van der Waals surface area (Å²) in [6.07, 6.45) is 2.51. The monoisotopic (exact) mass is 199 g/mol. The van der Waals surface area contributed by atoms with Crippen LogP contribution in [0.25, 0.3) is 0 Å². The van der Waals surface area contributed by atoms with Crippen LogP contribution in [0.2, 0.25) is 0 Å². The summed E-state index contributed by atoms with van der Waals surface area (Å²) in [6.45, 7) is 11.7. The molecule has 3 heteroatoms. The largest absolute Gasteiger partial charge is 0.314 e. The van der Waals surface area contributed by atoms with Crippen LogP contribution in [0.3, 0.4) is 0 Å². The minimum atomic E-state index is 0.679. The van der Waals surface area contributed by atoms with Crippen molar-refractivity contribution < 1.29 is 0 Å². The number of rotatable bonds is 6. The fraction of sp³-hybridized carbons (Fsp3) is 1.00. The Morgan fingerprint density at radius 3 is 2.71 bits per heavy atom. The topological polar surface area (TPSA) is 27.3 Å². The second kappa shape index (κ2) is 7.21. The van der Waals surface area contributed by atoms with E-state index < -0.39 is 0 Å². The smallest absolute Gasteiger partial charge is 0.0107 e. The maximum Gasteiger partial charge on any atom is 0.0107 e. The van der Waals surface area contributed by atoms with Crippen LogP contribution in [0.4, 0.5) is 0 Å². The van der Waals surface area contributed by atoms with Crippen molar-refractivity contribution in [3.8, 4) is 0 Å². The van der Waals surface area contributed by atoms with Gasteiger partial charge in [0.05, 0.1) is 0 Å². The van der Waals surface area contributed by atoms with E-state index in [1.165, 1.54) is 52.1 Å². The maximum atomic E-state index is 3.53. The number of hydrogen-bond donors (Lipinski definition) is 2. The molecule has 1 unspecified atom stereocenters. The lowest BCUT2D eigenvalue weighted by Gasteiger charge is -2.27. The van der Waals surface area contributed by atoms with Crippen LogP contribution >= 0.6 is 0 Å². The van der Waals surface area contributed by atoms with Gasteiger partial charge in [-0.15, -0.1) is 0 Å². The van der Waals surface area contributed by atoms with E-state index in [1.807, 2.05) is 0 Å². The van der Waals surface area contributed by atoms with Crippen molar-refractivity contribution in [1.82, 2.24) is 15.5 Å². The van der Waals surface area contributed by atoms with Crippen molar-refractivity contribution in [2.75, 3.05) is 39.3 Å². The van der Waals surface area contributed by atoms with Crippen LogP contribution in [0.5, 0.6) is 0 Å². The molecule has 1 heterocycles. The minimum Gasteiger partial charge on any atom is -0.314 e. The van der Waals surface area contributed by atoms with Crippen LogP contribution < -0.4 is 10.6 Å². The molecule has 0 aromatic heterocycles. The quantitative estimate of drug-likeness (QED) is 0.616. The molecule has 0 bridgehead atoms. The molecular formula is C11H25N3. The van der Waals surface area contributed by atoms with Crippen molar-refractivity contribution in [2.24, 2.45) is 0 Å². The molecule has 2 N–H and O–H groups in total. The fourth-order valence-corrected chi connectivity index (χ4v) is 1.73. The Morgan fingerprint density at radius 2 is 2.07 bits per heavy atom. The van der Waals surface area contributed by atoms with Crippen LogP contribution in [-0.2, 0) is 0 Å². The Morgan fingerprint density at radius 1 is 1.36 bits per heavy atom. The van der Waals surface area contributed by atoms with Crippen molar-refractivity contribution in [3.63, 3.8) is 0 Å². The lowest BCUT2D eigenvalue weighted by Crippen LogP contribution is -2.44. The molecule has 0 aliphatic carbocycles. The molecule has 1 aliphatic rings. The summed E-state index contributed by atoms with van der Waals surface area (Å²) in [4.78, 5) is 2.55. The Hall–Kier alpha value is -0.120. The van der Waals surface area contributed by atoms with Crippen LogP contribution in [0.15, 0.2) is 0 Å². The maximum absolute atomic E-state index is 3.53. The van der Waals surface area contributed by atoms with Gasteiger partial charge < -0.3 is 15.5 Å². The fourth-order valence-electron chi connectivity index (χ4n) is 1.73. The van der Waals surface area contributed by atoms with E-state index in [0.717, 1.165) is 0 Å². The lowest BCUT2D eigenvalue weighted by molar-refractivity contribution is 0.237. The molecule has 3 nitrogen and oxygen atoms in total. The second-order valence-electron chi connectivity index (χ2n) is 4.21. The predicted octanol–water partition coefficient (Wildman–Crippen LogP) is 0.670. The average Bonchev–Trinajstić information content (AvgIpc) is 2.25. The van der Waals surface area contributed by atoms with Gasteiger partial charge in [-0.3, -0.25) is 0 Å². The summed E-state index contributed by atoms with van der Waals surface area (Å²) in [7, 11) is 0. The highest BCUT2D eigenvalue weighted by Gasteiger charge is 2.08. The Bertz CT molecular complexity index is 132. The molecule has 84 valence electrons. The van der Waals surface area contributed by atoms with Crippen molar-refractivity contribution in [1.29, 1.82) is 0 Å². The number of nitrogens with zero attached hydrogens (tertiary/aromatic N) is 1. The van der Waals surface area contributed by atoms with E-state index in [0.29, 0.717) is 6.04 Å². The van der Waals surface area contributed by atoms with E-state index in [-0.39, 0.29) is 0 Å². The van der Waals surface area contributed by atoms with Crippen molar-refractivity contribution in [2.45, 2.75) is 32.7 Å². The van der Waals surface area contributed by atoms with E-state index in [1.54, 1.807) is 0 Å². The minimum absolute atomic E-state index is 0.679. The first-order valence-electron chi connectivity index (χ1n) is 5.99. The van der Waals surface area contributed by atoms with Gasteiger partial charge in [-0.2, -0.15) is 0 Å². The third-order valence-corrected chi connectivity index (χ3v) is 2.97. The average molecular weight is 199 g/mol. The molecule has 1 saturated heterocycles. The summed E-state index contributed by atoms with van der Waals surface area (Å²) in [5.41, 5.74) is 0. The predicted molar refractivity (Wildman–Crippen MR) is 61.7 cm³/mol. The number of hydrogen-bond acceptors (Lipinski definition) is 3. The third-order valence-electron chi connectivity index (χ3n) is 2.97. The summed E-state index contributed by atoms with van der Waals surface area (Å²) < 4.78 is 0. The summed E-state index contributed by atoms with van der Waals surface area (Å²) in [5, 5.41) is 6.90. The number of nitrogens with one attached hydrogen (secondary N) is 2. The van der Waals surface area contributed by atoms with E-state index in [2.05, 4.69) is 29.4 Å². The zero-order valence-electron chi connectivity index (χ0n) is 9.68. The first-order chi connectivity index (χ1) is 6.83. The molecule has 1 atom stereocenters. The first kappa shape index (κ1) is 12.0. The molecule has 0 radical (unpaired) electrons. The lowest BCUT2D eigenvalue weighted by atomic mass is 10.2. The molecule has 1 fully saturated rings. The van der Waals surface area contributed by atoms with Gasteiger partial charge in [0.1, 0.15) is 0 Å². The van der Waals surface area contributed by atoms with Gasteiger partial charge in [-0.1, -0.05) is 6.92 Å². The van der Waals surface area contributed by atoms with Gasteiger partial charge in [0.2, 0.25) is 0 Å². The summed E-state index contributed by atoms with van der Waals surface area (Å²) in [6, 6.07) is 0.679. The highest BCUT2D eigenvalue weighted by molar-refractivity contribution is 4.68. The number of piperazine rings is 1. The molecule has 1 aliphatic heterocycles. The van der Waals surface area contributed by atoms with E-state index >= 15 is 0 Å². The molecule has 0 amide bonds. The Kier molecular flexibility index (Phi) is 6.15. The van der Waals surface area contributed by atoms with Crippen LogP contribution in [-0.4, -0.2) is 50.2 Å². The summed E-state index contributed by atoms with van der Waals surface area (Å²) >= 11 is 0. The SMILES string of the molecule is CCC(C)NCCCN1CCNCC1. The molecule has 1 rings (SSSR count). The highest BCUT2D eigenvalue weighted by Crippen LogP contribution is 1.94. The highest BCUT2D eigenvalue weighted by atomic mass is 15.2. The van der Waals surface area contributed by atoms with Crippen molar-refractivity contribution in [3.05, 3.63) is 0 Å². The third kappa shape index (κ3) is 4.94. The standard InChI is InChI=1S/C11H25N3/c1-3-11(2)13-5-4-8-14-9-6-12-7-10-14/h11-13H,3-10H2,1-2H3. The summed E-state index contributed by atoms with van der Waals surface area (Å²) in [5.74, 6) is 0. The zero-order valence-corrected chi connectivity index (χ0v) is 9.68. The van der Waals surface area contributed by atoms with Gasteiger partial charge in [-0.05, 0) is 32.9 Å². The van der Waals surface area contributed by atoms with Crippen molar-refractivity contribution >= 4 is 0 Å². The van der Waals surface area contributed by atoms with Gasteiger partial charge in [0.25, 0.3) is 0 Å². The molecule has 0 aromatic rings.